The number of amides is 1. The molecule has 39 heavy (non-hydrogen) atoms. The van der Waals surface area contributed by atoms with Gasteiger partial charge < -0.3 is 10.4 Å². The average molecular weight is 570 g/mol. The lowest BCUT2D eigenvalue weighted by molar-refractivity contribution is -0.122. The molecule has 228 valence electrons. The third-order valence-electron chi connectivity index (χ3n) is 6.81. The van der Waals surface area contributed by atoms with Crippen molar-refractivity contribution >= 4 is 16.0 Å². The summed E-state index contributed by atoms with van der Waals surface area (Å²) in [7, 11) is -4.33. The normalized spacial score (nSPS) is 14.1. The van der Waals surface area contributed by atoms with Gasteiger partial charge in [0.05, 0.1) is 17.9 Å². The second kappa shape index (κ2) is 26.8. The molecule has 2 unspecified atom stereocenters. The predicted octanol–water partition coefficient (Wildman–Crippen LogP) is 8.23. The van der Waals surface area contributed by atoms with Gasteiger partial charge in [-0.15, -0.1) is 0 Å². The van der Waals surface area contributed by atoms with Gasteiger partial charge in [-0.25, -0.2) is 0 Å². The van der Waals surface area contributed by atoms with E-state index in [-0.39, 0.29) is 12.3 Å². The van der Waals surface area contributed by atoms with E-state index >= 15 is 0 Å². The first-order valence-electron chi connectivity index (χ1n) is 15.7. The minimum Gasteiger partial charge on any atom is -0.387 e. The van der Waals surface area contributed by atoms with Crippen molar-refractivity contribution in [2.24, 2.45) is 0 Å². The van der Waals surface area contributed by atoms with Crippen molar-refractivity contribution in [2.75, 3.05) is 5.75 Å². The van der Waals surface area contributed by atoms with Crippen LogP contribution in [-0.4, -0.2) is 41.9 Å². The second-order valence-electron chi connectivity index (χ2n) is 10.7. The van der Waals surface area contributed by atoms with Crippen LogP contribution in [0, 0.1) is 0 Å². The molecule has 2 atom stereocenters. The average Bonchev–Trinajstić information content (AvgIpc) is 2.88. The SMILES string of the molecule is CCCCC/C=C\C/C=C\CCCCCCCCCC(=O)NC(CS(=O)(=O)O)C(O)/C=C/CCCCCCC. The van der Waals surface area contributed by atoms with Crippen molar-refractivity contribution in [3.05, 3.63) is 36.5 Å². The van der Waals surface area contributed by atoms with Gasteiger partial charge in [-0.3, -0.25) is 9.35 Å². The van der Waals surface area contributed by atoms with Gasteiger partial charge in [-0.2, -0.15) is 8.42 Å². The molecular weight excluding hydrogens is 510 g/mol. The summed E-state index contributed by atoms with van der Waals surface area (Å²) >= 11 is 0. The lowest BCUT2D eigenvalue weighted by atomic mass is 10.1. The Morgan fingerprint density at radius 3 is 1.72 bits per heavy atom. The van der Waals surface area contributed by atoms with E-state index in [4.69, 9.17) is 0 Å². The summed E-state index contributed by atoms with van der Waals surface area (Å²) in [5, 5.41) is 13.0. The Balaban J connectivity index is 3.99. The van der Waals surface area contributed by atoms with E-state index < -0.39 is 28.0 Å². The van der Waals surface area contributed by atoms with Crippen LogP contribution in [0.4, 0.5) is 0 Å². The van der Waals surface area contributed by atoms with Gasteiger partial charge in [0, 0.05) is 6.42 Å². The van der Waals surface area contributed by atoms with Crippen molar-refractivity contribution < 1.29 is 22.9 Å². The fraction of sp³-hybridized carbons (Fsp3) is 0.781. The highest BCUT2D eigenvalue weighted by Crippen LogP contribution is 2.11. The Kier molecular flexibility index (Phi) is 25.8. The van der Waals surface area contributed by atoms with Gasteiger partial charge in [0.25, 0.3) is 10.1 Å². The number of aliphatic hydroxyl groups is 1. The number of rotatable bonds is 27. The van der Waals surface area contributed by atoms with E-state index in [2.05, 4.69) is 43.5 Å². The Labute approximate surface area is 240 Å². The van der Waals surface area contributed by atoms with Crippen LogP contribution in [0.1, 0.15) is 142 Å². The Bertz CT molecular complexity index is 761. The first-order valence-corrected chi connectivity index (χ1v) is 17.3. The van der Waals surface area contributed by atoms with Crippen molar-refractivity contribution in [3.8, 4) is 0 Å². The first-order chi connectivity index (χ1) is 18.8. The molecule has 3 N–H and O–H groups in total. The fourth-order valence-corrected chi connectivity index (χ4v) is 5.15. The fourth-order valence-electron chi connectivity index (χ4n) is 4.42. The molecule has 0 heterocycles. The van der Waals surface area contributed by atoms with Crippen LogP contribution in [-0.2, 0) is 14.9 Å². The Morgan fingerprint density at radius 1 is 0.692 bits per heavy atom. The largest absolute Gasteiger partial charge is 0.387 e. The number of hydrogen-bond donors (Lipinski definition) is 3. The molecule has 7 heteroatoms. The molecule has 0 aromatic rings. The standard InChI is InChI=1S/C32H59NO5S/c1-3-5-7-9-11-12-13-14-15-16-17-18-19-20-22-24-26-28-32(35)33-30(29-39(36,37)38)31(34)27-25-23-21-10-8-6-4-2/h11-12,14-15,25,27,30-31,34H,3-10,13,16-24,26,28-29H2,1-2H3,(H,33,35)(H,36,37,38)/b12-11-,15-14-,27-25+. The van der Waals surface area contributed by atoms with Gasteiger partial charge in [0.15, 0.2) is 0 Å². The Hall–Kier alpha value is -1.44. The molecular formula is C32H59NO5S. The summed E-state index contributed by atoms with van der Waals surface area (Å²) in [6.45, 7) is 4.39. The van der Waals surface area contributed by atoms with Crippen molar-refractivity contribution in [3.63, 3.8) is 0 Å². The molecule has 1 amide bonds. The van der Waals surface area contributed by atoms with E-state index in [0.29, 0.717) is 0 Å². The van der Waals surface area contributed by atoms with E-state index in [0.717, 1.165) is 57.8 Å². The van der Waals surface area contributed by atoms with Gasteiger partial charge in [-0.05, 0) is 51.4 Å². The maximum Gasteiger partial charge on any atom is 0.267 e. The molecule has 0 aliphatic heterocycles. The smallest absolute Gasteiger partial charge is 0.267 e. The van der Waals surface area contributed by atoms with Crippen LogP contribution in [0.25, 0.3) is 0 Å². The molecule has 0 radical (unpaired) electrons. The quantitative estimate of drug-likeness (QED) is 0.0525. The topological polar surface area (TPSA) is 104 Å². The number of carbonyl (C=O) groups is 1. The molecule has 0 saturated carbocycles. The van der Waals surface area contributed by atoms with Crippen molar-refractivity contribution in [2.45, 2.75) is 154 Å². The summed E-state index contributed by atoms with van der Waals surface area (Å²) in [5.74, 6) is -0.996. The summed E-state index contributed by atoms with van der Waals surface area (Å²) in [6.07, 6.45) is 32.8. The molecule has 0 rings (SSSR count). The number of aliphatic hydroxyl groups excluding tert-OH is 1. The van der Waals surface area contributed by atoms with E-state index in [9.17, 15) is 22.9 Å². The minimum atomic E-state index is -4.33. The summed E-state index contributed by atoms with van der Waals surface area (Å²) in [6, 6.07) is -1.06. The monoisotopic (exact) mass is 569 g/mol. The number of carbonyl (C=O) groups excluding carboxylic acids is 1. The summed E-state index contributed by atoms with van der Waals surface area (Å²) < 4.78 is 32.0. The molecule has 0 aliphatic carbocycles. The van der Waals surface area contributed by atoms with Crippen LogP contribution >= 0.6 is 0 Å². The highest BCUT2D eigenvalue weighted by molar-refractivity contribution is 7.85. The number of allylic oxidation sites excluding steroid dienone is 5. The van der Waals surface area contributed by atoms with Crippen LogP contribution in [0.2, 0.25) is 0 Å². The molecule has 0 spiro atoms. The lowest BCUT2D eigenvalue weighted by Crippen LogP contribution is -2.46. The summed E-state index contributed by atoms with van der Waals surface area (Å²) in [5.41, 5.74) is 0. The first kappa shape index (κ1) is 37.6. The molecule has 0 aromatic heterocycles. The molecule has 0 aromatic carbocycles. The van der Waals surface area contributed by atoms with Gasteiger partial charge in [-0.1, -0.05) is 121 Å². The number of nitrogens with one attached hydrogen (secondary N) is 1. The molecule has 0 saturated heterocycles. The molecule has 6 nitrogen and oxygen atoms in total. The molecule has 0 fully saturated rings. The van der Waals surface area contributed by atoms with Gasteiger partial charge >= 0.3 is 0 Å². The highest BCUT2D eigenvalue weighted by Gasteiger charge is 2.24. The third-order valence-corrected chi connectivity index (χ3v) is 7.59. The molecule has 0 bridgehead atoms. The minimum absolute atomic E-state index is 0.285. The zero-order valence-electron chi connectivity index (χ0n) is 25.0. The predicted molar refractivity (Wildman–Crippen MR) is 165 cm³/mol. The van der Waals surface area contributed by atoms with E-state index in [1.807, 2.05) is 6.08 Å². The van der Waals surface area contributed by atoms with Crippen molar-refractivity contribution in [1.29, 1.82) is 0 Å². The zero-order chi connectivity index (χ0) is 29.0. The zero-order valence-corrected chi connectivity index (χ0v) is 25.8. The summed E-state index contributed by atoms with van der Waals surface area (Å²) in [4.78, 5) is 12.3. The number of unbranched alkanes of at least 4 members (excludes halogenated alkanes) is 15. The van der Waals surface area contributed by atoms with Crippen LogP contribution in [0.3, 0.4) is 0 Å². The van der Waals surface area contributed by atoms with E-state index in [1.165, 1.54) is 70.3 Å². The second-order valence-corrected chi connectivity index (χ2v) is 12.2. The lowest BCUT2D eigenvalue weighted by Gasteiger charge is -2.21. The molecule has 0 aliphatic rings. The maximum atomic E-state index is 12.3. The van der Waals surface area contributed by atoms with Crippen LogP contribution in [0.15, 0.2) is 36.5 Å². The maximum absolute atomic E-state index is 12.3. The van der Waals surface area contributed by atoms with Gasteiger partial charge in [0.1, 0.15) is 0 Å². The van der Waals surface area contributed by atoms with Crippen LogP contribution in [0.5, 0.6) is 0 Å². The third kappa shape index (κ3) is 27.9. The van der Waals surface area contributed by atoms with Gasteiger partial charge in [0.2, 0.25) is 5.91 Å². The Morgan fingerprint density at radius 2 is 1.15 bits per heavy atom. The number of hydrogen-bond acceptors (Lipinski definition) is 4. The van der Waals surface area contributed by atoms with Crippen molar-refractivity contribution in [1.82, 2.24) is 5.32 Å². The highest BCUT2D eigenvalue weighted by atomic mass is 32.2. The van der Waals surface area contributed by atoms with E-state index in [1.54, 1.807) is 0 Å². The van der Waals surface area contributed by atoms with Crippen LogP contribution < -0.4 is 5.32 Å².